The topological polar surface area (TPSA) is 79.1 Å². The lowest BCUT2D eigenvalue weighted by atomic mass is 9.95. The summed E-state index contributed by atoms with van der Waals surface area (Å²) in [5, 5.41) is 0.925. The summed E-state index contributed by atoms with van der Waals surface area (Å²) in [5.74, 6) is 0.743. The van der Waals surface area contributed by atoms with Crippen molar-refractivity contribution in [3.8, 4) is 11.5 Å². The van der Waals surface area contributed by atoms with Gasteiger partial charge < -0.3 is 14.2 Å². The van der Waals surface area contributed by atoms with Crippen LogP contribution in [0.3, 0.4) is 0 Å². The third kappa shape index (κ3) is 7.05. The van der Waals surface area contributed by atoms with Crippen molar-refractivity contribution < 1.29 is 19.0 Å². The average Bonchev–Trinajstić information content (AvgIpc) is 3.24. The van der Waals surface area contributed by atoms with Crippen LogP contribution in [0.2, 0.25) is 10.0 Å². The molecule has 1 aromatic heterocycles. The second-order valence-electron chi connectivity index (χ2n) is 10.2. The van der Waals surface area contributed by atoms with E-state index < -0.39 is 12.0 Å². The van der Waals surface area contributed by atoms with E-state index in [0.29, 0.717) is 59.9 Å². The number of methoxy groups -OCH3 is 1. The third-order valence-corrected chi connectivity index (χ3v) is 8.09. The lowest BCUT2D eigenvalue weighted by molar-refractivity contribution is -0.140. The van der Waals surface area contributed by atoms with Crippen LogP contribution in [-0.2, 0) is 9.53 Å². The number of hydrogen-bond donors (Lipinski definition) is 0. The maximum atomic E-state index is 13.9. The summed E-state index contributed by atoms with van der Waals surface area (Å²) >= 11 is 13.7. The van der Waals surface area contributed by atoms with Crippen LogP contribution < -0.4 is 24.4 Å². The Morgan fingerprint density at radius 1 is 1.15 bits per heavy atom. The predicted octanol–water partition coefficient (Wildman–Crippen LogP) is 6.32. The van der Waals surface area contributed by atoms with E-state index in [-0.39, 0.29) is 18.1 Å². The number of carbonyl (C=O) groups is 1. The minimum absolute atomic E-state index is 0.146. The molecule has 0 radical (unpaired) electrons. The number of esters is 1. The summed E-state index contributed by atoms with van der Waals surface area (Å²) < 4.78 is 19.2. The number of halogens is 2. The largest absolute Gasteiger partial charge is 0.493 e. The maximum Gasteiger partial charge on any atom is 0.338 e. The number of rotatable bonds is 11. The van der Waals surface area contributed by atoms with Crippen LogP contribution >= 0.6 is 34.5 Å². The van der Waals surface area contributed by atoms with Crippen molar-refractivity contribution in [1.29, 1.82) is 0 Å². The van der Waals surface area contributed by atoms with Gasteiger partial charge in [-0.3, -0.25) is 9.36 Å². The fourth-order valence-electron chi connectivity index (χ4n) is 4.49. The molecule has 10 heteroatoms. The standard InChI is InChI=1S/C31H34Cl2N2O5S/c1-6-7-8-13-39-24-12-10-21(14-25(24)38-5)28-27(30(37)40-17-18(2)3)19(4)34-31-35(28)29(36)26(41-31)15-20-9-11-22(32)16-23(20)33/h9-12,14-16,18,28H,6-8,13,17H2,1-5H3. The smallest absolute Gasteiger partial charge is 0.338 e. The van der Waals surface area contributed by atoms with Crippen molar-refractivity contribution in [1.82, 2.24) is 4.57 Å². The molecule has 7 nitrogen and oxygen atoms in total. The van der Waals surface area contributed by atoms with E-state index in [0.717, 1.165) is 19.3 Å². The van der Waals surface area contributed by atoms with Crippen LogP contribution in [0, 0.1) is 5.92 Å². The zero-order valence-corrected chi connectivity index (χ0v) is 26.2. The Bertz CT molecular complexity index is 1640. The van der Waals surface area contributed by atoms with Gasteiger partial charge in [-0.2, -0.15) is 0 Å². The van der Waals surface area contributed by atoms with Crippen LogP contribution in [0.15, 0.2) is 57.5 Å². The highest BCUT2D eigenvalue weighted by Gasteiger charge is 2.34. The fraction of sp³-hybridized carbons (Fsp3) is 0.387. The summed E-state index contributed by atoms with van der Waals surface area (Å²) in [4.78, 5) is 32.5. The Balaban J connectivity index is 1.86. The maximum absolute atomic E-state index is 13.9. The van der Waals surface area contributed by atoms with Gasteiger partial charge >= 0.3 is 5.97 Å². The van der Waals surface area contributed by atoms with Crippen molar-refractivity contribution >= 4 is 46.6 Å². The van der Waals surface area contributed by atoms with Gasteiger partial charge in [-0.25, -0.2) is 9.79 Å². The molecule has 3 aromatic rings. The van der Waals surface area contributed by atoms with Crippen LogP contribution in [0.25, 0.3) is 6.08 Å². The molecule has 0 saturated carbocycles. The first-order valence-electron chi connectivity index (χ1n) is 13.6. The van der Waals surface area contributed by atoms with Gasteiger partial charge in [-0.15, -0.1) is 0 Å². The zero-order chi connectivity index (χ0) is 29.7. The Morgan fingerprint density at radius 2 is 1.93 bits per heavy atom. The summed E-state index contributed by atoms with van der Waals surface area (Å²) in [6, 6.07) is 9.78. The molecule has 0 fully saturated rings. The molecule has 2 heterocycles. The summed E-state index contributed by atoms with van der Waals surface area (Å²) in [6.07, 6.45) is 4.81. The van der Waals surface area contributed by atoms with Gasteiger partial charge in [0.1, 0.15) is 0 Å². The normalized spacial score (nSPS) is 15.1. The number of benzene rings is 2. The molecule has 1 atom stereocenters. The van der Waals surface area contributed by atoms with E-state index in [1.54, 1.807) is 38.3 Å². The molecule has 4 rings (SSSR count). The Hall–Kier alpha value is -3.07. The van der Waals surface area contributed by atoms with Gasteiger partial charge in [0, 0.05) is 10.0 Å². The number of carbonyl (C=O) groups excluding carboxylic acids is 1. The Morgan fingerprint density at radius 3 is 2.61 bits per heavy atom. The molecule has 1 unspecified atom stereocenters. The van der Waals surface area contributed by atoms with Crippen molar-refractivity contribution in [3.63, 3.8) is 0 Å². The van der Waals surface area contributed by atoms with Gasteiger partial charge in [0.15, 0.2) is 16.3 Å². The van der Waals surface area contributed by atoms with Gasteiger partial charge in [-0.1, -0.05) is 80.3 Å². The first-order valence-corrected chi connectivity index (χ1v) is 15.2. The molecular formula is C31H34Cl2N2O5S. The number of allylic oxidation sites excluding steroid dienone is 1. The molecule has 41 heavy (non-hydrogen) atoms. The lowest BCUT2D eigenvalue weighted by Gasteiger charge is -2.25. The second kappa shape index (κ2) is 13.7. The van der Waals surface area contributed by atoms with Crippen LogP contribution in [-0.4, -0.2) is 30.9 Å². The SMILES string of the molecule is CCCCCOc1ccc(C2C(C(=O)OCC(C)C)=C(C)N=c3sc(=Cc4ccc(Cl)cc4Cl)c(=O)n32)cc1OC. The van der Waals surface area contributed by atoms with Gasteiger partial charge in [0.25, 0.3) is 5.56 Å². The number of nitrogens with zero attached hydrogens (tertiary/aromatic N) is 2. The minimum atomic E-state index is -0.781. The molecule has 0 N–H and O–H groups in total. The second-order valence-corrected chi connectivity index (χ2v) is 12.1. The molecule has 0 spiro atoms. The molecule has 0 bridgehead atoms. The van der Waals surface area contributed by atoms with Crippen LogP contribution in [0.1, 0.15) is 64.1 Å². The number of hydrogen-bond acceptors (Lipinski definition) is 7. The number of thiazole rings is 1. The molecular weight excluding hydrogens is 583 g/mol. The Labute approximate surface area is 253 Å². The van der Waals surface area contributed by atoms with E-state index in [1.807, 2.05) is 32.0 Å². The monoisotopic (exact) mass is 616 g/mol. The fourth-order valence-corrected chi connectivity index (χ4v) is 5.99. The average molecular weight is 618 g/mol. The van der Waals surface area contributed by atoms with Crippen molar-refractivity contribution in [2.24, 2.45) is 10.9 Å². The highest BCUT2D eigenvalue weighted by molar-refractivity contribution is 7.07. The summed E-state index contributed by atoms with van der Waals surface area (Å²) in [7, 11) is 1.57. The van der Waals surface area contributed by atoms with E-state index in [9.17, 15) is 9.59 Å². The summed E-state index contributed by atoms with van der Waals surface area (Å²) in [5.41, 5.74) is 1.81. The number of aromatic nitrogens is 1. The number of fused-ring (bicyclic) bond motifs is 1. The van der Waals surface area contributed by atoms with E-state index in [1.165, 1.54) is 15.9 Å². The first kappa shape index (κ1) is 30.9. The quantitative estimate of drug-likeness (QED) is 0.186. The number of ether oxygens (including phenoxy) is 3. The van der Waals surface area contributed by atoms with Crippen molar-refractivity contribution in [3.05, 3.63) is 88.5 Å². The zero-order valence-electron chi connectivity index (χ0n) is 23.8. The lowest BCUT2D eigenvalue weighted by Crippen LogP contribution is -2.40. The van der Waals surface area contributed by atoms with Crippen molar-refractivity contribution in [2.45, 2.75) is 53.0 Å². The van der Waals surface area contributed by atoms with E-state index in [2.05, 4.69) is 11.9 Å². The highest BCUT2D eigenvalue weighted by Crippen LogP contribution is 2.36. The molecule has 2 aromatic carbocycles. The highest BCUT2D eigenvalue weighted by atomic mass is 35.5. The van der Waals surface area contributed by atoms with Gasteiger partial charge in [0.2, 0.25) is 0 Å². The van der Waals surface area contributed by atoms with Gasteiger partial charge in [0.05, 0.1) is 42.2 Å². The van der Waals surface area contributed by atoms with Crippen molar-refractivity contribution in [2.75, 3.05) is 20.3 Å². The molecule has 218 valence electrons. The predicted molar refractivity (Wildman–Crippen MR) is 164 cm³/mol. The molecule has 1 aliphatic heterocycles. The van der Waals surface area contributed by atoms with Crippen LogP contribution in [0.4, 0.5) is 0 Å². The number of unbranched alkanes of at least 4 members (excludes halogenated alkanes) is 2. The molecule has 0 saturated heterocycles. The van der Waals surface area contributed by atoms with E-state index >= 15 is 0 Å². The molecule has 1 aliphatic rings. The third-order valence-electron chi connectivity index (χ3n) is 6.55. The van der Waals surface area contributed by atoms with E-state index in [4.69, 9.17) is 37.4 Å². The Kier molecular flexibility index (Phi) is 10.3. The molecule has 0 aliphatic carbocycles. The minimum Gasteiger partial charge on any atom is -0.493 e. The molecule has 0 amide bonds. The summed E-state index contributed by atoms with van der Waals surface area (Å²) in [6.45, 7) is 8.64. The first-order chi connectivity index (χ1) is 19.6. The van der Waals surface area contributed by atoms with Crippen LogP contribution in [0.5, 0.6) is 11.5 Å². The van der Waals surface area contributed by atoms with Gasteiger partial charge in [-0.05, 0) is 60.7 Å².